The smallest absolute Gasteiger partial charge is 0.179 e. The molecule has 4 rings (SSSR count). The number of benzene rings is 2. The molecule has 2 aromatic rings. The first kappa shape index (κ1) is 13.8. The molecule has 0 amide bonds. The Morgan fingerprint density at radius 1 is 1.18 bits per heavy atom. The number of rotatable bonds is 3. The Hall–Kier alpha value is -1.79. The Bertz CT molecular complexity index is 871. The van der Waals surface area contributed by atoms with Crippen molar-refractivity contribution < 1.29 is 13.2 Å². The summed E-state index contributed by atoms with van der Waals surface area (Å²) in [6, 6.07) is 12.5. The summed E-state index contributed by atoms with van der Waals surface area (Å²) in [4.78, 5) is 4.69. The number of sulfone groups is 1. The number of hydrogen-bond donors (Lipinski definition) is 0. The molecule has 0 aromatic heterocycles. The van der Waals surface area contributed by atoms with E-state index in [1.54, 1.807) is 36.2 Å². The van der Waals surface area contributed by atoms with E-state index in [9.17, 15) is 8.42 Å². The van der Waals surface area contributed by atoms with Gasteiger partial charge < -0.3 is 4.74 Å². The second-order valence-corrected chi connectivity index (χ2v) is 8.63. The van der Waals surface area contributed by atoms with E-state index < -0.39 is 9.84 Å². The van der Waals surface area contributed by atoms with Gasteiger partial charge in [-0.2, -0.15) is 11.8 Å². The second kappa shape index (κ2) is 5.14. The van der Waals surface area contributed by atoms with Gasteiger partial charge in [-0.15, -0.1) is 0 Å². The van der Waals surface area contributed by atoms with Gasteiger partial charge >= 0.3 is 0 Å². The zero-order chi connectivity index (χ0) is 15.2. The lowest BCUT2D eigenvalue weighted by Crippen LogP contribution is -2.10. The summed E-state index contributed by atoms with van der Waals surface area (Å²) < 4.78 is 30.6. The van der Waals surface area contributed by atoms with Crippen molar-refractivity contribution in [2.24, 2.45) is 4.99 Å². The lowest BCUT2D eigenvalue weighted by atomic mass is 10.2. The van der Waals surface area contributed by atoms with E-state index in [1.807, 2.05) is 24.3 Å². The highest BCUT2D eigenvalue weighted by Crippen LogP contribution is 2.38. The van der Waals surface area contributed by atoms with Crippen molar-refractivity contribution in [1.29, 1.82) is 0 Å². The van der Waals surface area contributed by atoms with Gasteiger partial charge in [-0.3, -0.25) is 4.99 Å². The highest BCUT2D eigenvalue weighted by atomic mass is 32.2. The SMILES string of the molecule is O=S(=O)(CC1CS1)c1ccc2c(c1)N=Cc1ccccc1O2. The Balaban J connectivity index is 1.73. The fraction of sp³-hybridized carbons (Fsp3) is 0.188. The van der Waals surface area contributed by atoms with Crippen LogP contribution in [-0.2, 0) is 9.84 Å². The molecule has 2 aromatic carbocycles. The molecule has 1 saturated heterocycles. The lowest BCUT2D eigenvalue weighted by Gasteiger charge is -2.09. The maximum Gasteiger partial charge on any atom is 0.179 e. The molecule has 0 bridgehead atoms. The van der Waals surface area contributed by atoms with Crippen LogP contribution in [0.4, 0.5) is 5.69 Å². The van der Waals surface area contributed by atoms with Gasteiger partial charge in [0.25, 0.3) is 0 Å². The zero-order valence-electron chi connectivity index (χ0n) is 11.6. The quantitative estimate of drug-likeness (QED) is 0.690. The van der Waals surface area contributed by atoms with Gasteiger partial charge in [0.1, 0.15) is 11.4 Å². The van der Waals surface area contributed by atoms with Crippen LogP contribution in [0.15, 0.2) is 52.4 Å². The number of nitrogens with zero attached hydrogens (tertiary/aromatic N) is 1. The van der Waals surface area contributed by atoms with Crippen LogP contribution in [0.5, 0.6) is 11.5 Å². The molecule has 6 heteroatoms. The van der Waals surface area contributed by atoms with Crippen molar-refractivity contribution in [1.82, 2.24) is 0 Å². The standard InChI is InChI=1S/C16H13NO3S2/c18-22(19,10-12-9-21-12)13-5-6-16-14(7-13)17-8-11-3-1-2-4-15(11)20-16/h1-8,12H,9-10H2. The van der Waals surface area contributed by atoms with Gasteiger partial charge in [0.15, 0.2) is 15.6 Å². The molecule has 0 spiro atoms. The molecular formula is C16H13NO3S2. The van der Waals surface area contributed by atoms with Crippen molar-refractivity contribution in [3.63, 3.8) is 0 Å². The molecule has 0 aliphatic carbocycles. The number of para-hydroxylation sites is 1. The van der Waals surface area contributed by atoms with Gasteiger partial charge in [0.05, 0.1) is 10.6 Å². The van der Waals surface area contributed by atoms with E-state index >= 15 is 0 Å². The minimum Gasteiger partial charge on any atom is -0.454 e. The normalized spacial score (nSPS) is 18.8. The average molecular weight is 331 g/mol. The first-order valence-electron chi connectivity index (χ1n) is 6.91. The van der Waals surface area contributed by atoms with E-state index in [0.717, 1.165) is 17.1 Å². The highest BCUT2D eigenvalue weighted by Gasteiger charge is 2.30. The summed E-state index contributed by atoms with van der Waals surface area (Å²) in [5.74, 6) is 2.41. The molecule has 4 nitrogen and oxygen atoms in total. The molecule has 22 heavy (non-hydrogen) atoms. The van der Waals surface area contributed by atoms with Gasteiger partial charge in [-0.25, -0.2) is 8.42 Å². The van der Waals surface area contributed by atoms with Crippen LogP contribution >= 0.6 is 11.8 Å². The summed E-state index contributed by atoms with van der Waals surface area (Å²) in [7, 11) is -3.26. The van der Waals surface area contributed by atoms with Crippen LogP contribution in [0.1, 0.15) is 5.56 Å². The number of hydrogen-bond acceptors (Lipinski definition) is 5. The topological polar surface area (TPSA) is 55.7 Å². The summed E-state index contributed by atoms with van der Waals surface area (Å²) in [6.07, 6.45) is 1.70. The van der Waals surface area contributed by atoms with Crippen LogP contribution in [0, 0.1) is 0 Å². The Morgan fingerprint density at radius 3 is 2.82 bits per heavy atom. The van der Waals surface area contributed by atoms with Crippen molar-refractivity contribution in [3.05, 3.63) is 48.0 Å². The zero-order valence-corrected chi connectivity index (χ0v) is 13.2. The van der Waals surface area contributed by atoms with E-state index in [4.69, 9.17) is 4.74 Å². The van der Waals surface area contributed by atoms with Crippen LogP contribution in [0.25, 0.3) is 0 Å². The van der Waals surface area contributed by atoms with Crippen LogP contribution < -0.4 is 4.74 Å². The van der Waals surface area contributed by atoms with Gasteiger partial charge in [0.2, 0.25) is 0 Å². The predicted octanol–water partition coefficient (Wildman–Crippen LogP) is 3.43. The van der Waals surface area contributed by atoms with E-state index in [2.05, 4.69) is 4.99 Å². The first-order valence-corrected chi connectivity index (χ1v) is 9.61. The summed E-state index contributed by atoms with van der Waals surface area (Å²) >= 11 is 1.68. The van der Waals surface area contributed by atoms with Crippen molar-refractivity contribution in [3.8, 4) is 11.5 Å². The van der Waals surface area contributed by atoms with Crippen molar-refractivity contribution in [2.75, 3.05) is 11.5 Å². The average Bonchev–Trinajstić information content (AvgIpc) is 3.31. The fourth-order valence-electron chi connectivity index (χ4n) is 2.32. The van der Waals surface area contributed by atoms with Gasteiger partial charge in [-0.05, 0) is 30.3 Å². The molecule has 1 unspecified atom stereocenters. The molecule has 112 valence electrons. The fourth-order valence-corrected chi connectivity index (χ4v) is 5.01. The van der Waals surface area contributed by atoms with E-state index in [0.29, 0.717) is 16.3 Å². The van der Waals surface area contributed by atoms with Crippen LogP contribution in [-0.4, -0.2) is 31.4 Å². The lowest BCUT2D eigenvalue weighted by molar-refractivity contribution is 0.484. The van der Waals surface area contributed by atoms with E-state index in [1.165, 1.54) is 0 Å². The van der Waals surface area contributed by atoms with Crippen molar-refractivity contribution >= 4 is 33.5 Å². The maximum absolute atomic E-state index is 12.4. The monoisotopic (exact) mass is 331 g/mol. The highest BCUT2D eigenvalue weighted by molar-refractivity contribution is 8.08. The molecule has 2 heterocycles. The maximum atomic E-state index is 12.4. The summed E-state index contributed by atoms with van der Waals surface area (Å²) in [5, 5.41) is 0.243. The van der Waals surface area contributed by atoms with Gasteiger partial charge in [0, 0.05) is 22.8 Å². The molecule has 1 atom stereocenters. The summed E-state index contributed by atoms with van der Waals surface area (Å²) in [5.41, 5.74) is 1.42. The number of ether oxygens (including phenoxy) is 1. The Morgan fingerprint density at radius 2 is 2.00 bits per heavy atom. The third kappa shape index (κ3) is 2.64. The number of aliphatic imine (C=N–C) groups is 1. The van der Waals surface area contributed by atoms with Crippen LogP contribution in [0.3, 0.4) is 0 Å². The molecule has 2 aliphatic rings. The van der Waals surface area contributed by atoms with Crippen LogP contribution in [0.2, 0.25) is 0 Å². The third-order valence-corrected chi connectivity index (χ3v) is 6.57. The third-order valence-electron chi connectivity index (χ3n) is 3.58. The predicted molar refractivity (Wildman–Crippen MR) is 88.5 cm³/mol. The Kier molecular flexibility index (Phi) is 3.23. The molecule has 1 fully saturated rings. The second-order valence-electron chi connectivity index (χ2n) is 5.26. The molecular weight excluding hydrogens is 318 g/mol. The molecule has 2 aliphatic heterocycles. The summed E-state index contributed by atoms with van der Waals surface area (Å²) in [6.45, 7) is 0. The number of thioether (sulfide) groups is 1. The first-order chi connectivity index (χ1) is 10.6. The van der Waals surface area contributed by atoms with E-state index in [-0.39, 0.29) is 11.0 Å². The van der Waals surface area contributed by atoms with Crippen molar-refractivity contribution in [2.45, 2.75) is 10.1 Å². The Labute approximate surface area is 133 Å². The molecule has 0 N–H and O–H groups in total. The van der Waals surface area contributed by atoms with Gasteiger partial charge in [-0.1, -0.05) is 12.1 Å². The minimum absolute atomic E-state index is 0.196. The largest absolute Gasteiger partial charge is 0.454 e. The molecule has 0 saturated carbocycles. The molecule has 0 radical (unpaired) electrons. The minimum atomic E-state index is -3.26. The number of fused-ring (bicyclic) bond motifs is 2.